The molecular formula is C24H40O3Sn. The number of hydrogen-bond donors (Lipinski definition) is 0. The summed E-state index contributed by atoms with van der Waals surface area (Å²) < 4.78 is 12.4. The van der Waals surface area contributed by atoms with Gasteiger partial charge in [-0.1, -0.05) is 6.07 Å². The molecule has 1 aromatic carbocycles. The van der Waals surface area contributed by atoms with Gasteiger partial charge in [0.05, 0.1) is 0 Å². The molecule has 0 saturated heterocycles. The van der Waals surface area contributed by atoms with E-state index in [1.807, 2.05) is 39.0 Å². The van der Waals surface area contributed by atoms with E-state index in [0.717, 1.165) is 29.5 Å². The van der Waals surface area contributed by atoms with Crippen LogP contribution in [0.15, 0.2) is 42.0 Å². The molecule has 28 heavy (non-hydrogen) atoms. The second-order valence-electron chi connectivity index (χ2n) is 10.6. The predicted octanol–water partition coefficient (Wildman–Crippen LogP) is 6.62. The Hall–Kier alpha value is -0.811. The van der Waals surface area contributed by atoms with Crippen molar-refractivity contribution in [2.45, 2.75) is 78.9 Å². The molecule has 0 aliphatic rings. The summed E-state index contributed by atoms with van der Waals surface area (Å²) in [5.74, 6) is -0.143. The zero-order chi connectivity index (χ0) is 21.4. The minimum atomic E-state index is -2.16. The molecule has 0 atom stereocenters. The number of carbonyl (C=O) groups is 1. The fraction of sp³-hybridized carbons (Fsp3) is 0.625. The molecule has 0 heterocycles. The van der Waals surface area contributed by atoms with Gasteiger partial charge in [-0.25, -0.2) is 0 Å². The van der Waals surface area contributed by atoms with E-state index in [0.29, 0.717) is 6.61 Å². The summed E-state index contributed by atoms with van der Waals surface area (Å²) in [5.41, 5.74) is 1.70. The van der Waals surface area contributed by atoms with Crippen LogP contribution in [0.25, 0.3) is 0 Å². The molecule has 1 rings (SSSR count). The fourth-order valence-electron chi connectivity index (χ4n) is 2.76. The molecule has 0 bridgehead atoms. The topological polar surface area (TPSA) is 35.5 Å². The molecule has 0 unspecified atom stereocenters. The summed E-state index contributed by atoms with van der Waals surface area (Å²) >= 11 is -2.16. The van der Waals surface area contributed by atoms with Crippen LogP contribution in [0.5, 0.6) is 0 Å². The summed E-state index contributed by atoms with van der Waals surface area (Å²) in [4.78, 5) is 19.8. The van der Waals surface area contributed by atoms with Crippen molar-refractivity contribution in [1.29, 1.82) is 0 Å². The van der Waals surface area contributed by atoms with E-state index in [1.165, 1.54) is 5.56 Å². The van der Waals surface area contributed by atoms with Gasteiger partial charge in [0.25, 0.3) is 0 Å². The second-order valence-corrected chi connectivity index (χ2v) is 26.3. The van der Waals surface area contributed by atoms with Crippen LogP contribution in [0.1, 0.15) is 53.0 Å². The first-order valence-electron chi connectivity index (χ1n) is 10.3. The Morgan fingerprint density at radius 3 is 2.18 bits per heavy atom. The normalized spacial score (nSPS) is 13.5. The van der Waals surface area contributed by atoms with Crippen molar-refractivity contribution >= 4 is 24.3 Å². The number of rotatable bonds is 10. The zero-order valence-electron chi connectivity index (χ0n) is 19.2. The van der Waals surface area contributed by atoms with Crippen LogP contribution in [-0.4, -0.2) is 36.6 Å². The fourth-order valence-corrected chi connectivity index (χ4v) is 6.84. The van der Waals surface area contributed by atoms with Crippen LogP contribution in [0.3, 0.4) is 0 Å². The van der Waals surface area contributed by atoms with E-state index in [1.54, 1.807) is 0 Å². The third kappa shape index (κ3) is 11.9. The third-order valence-corrected chi connectivity index (χ3v) is 8.43. The van der Waals surface area contributed by atoms with Crippen molar-refractivity contribution in [3.8, 4) is 0 Å². The number of hydrogen-bond acceptors (Lipinski definition) is 3. The molecule has 0 amide bonds. The number of esters is 1. The van der Waals surface area contributed by atoms with Crippen LogP contribution in [0, 0.1) is 5.41 Å². The minimum absolute atomic E-state index is 0.0807. The molecule has 158 valence electrons. The predicted molar refractivity (Wildman–Crippen MR) is 121 cm³/mol. The summed E-state index contributed by atoms with van der Waals surface area (Å²) in [6, 6.07) is 10.2. The van der Waals surface area contributed by atoms with Crippen molar-refractivity contribution < 1.29 is 14.3 Å². The first-order valence-corrected chi connectivity index (χ1v) is 20.9. The Morgan fingerprint density at radius 1 is 1.04 bits per heavy atom. The van der Waals surface area contributed by atoms with Gasteiger partial charge in [-0.2, -0.15) is 0 Å². The van der Waals surface area contributed by atoms with Crippen LogP contribution >= 0.6 is 0 Å². The van der Waals surface area contributed by atoms with Gasteiger partial charge in [0.15, 0.2) is 0 Å². The van der Waals surface area contributed by atoms with E-state index in [-0.39, 0.29) is 11.4 Å². The van der Waals surface area contributed by atoms with E-state index in [9.17, 15) is 4.79 Å². The summed E-state index contributed by atoms with van der Waals surface area (Å²) in [6.07, 6.45) is 3.95. The van der Waals surface area contributed by atoms with Gasteiger partial charge in [-0.3, -0.25) is 0 Å². The molecule has 0 N–H and O–H groups in total. The first kappa shape index (κ1) is 25.2. The first-order chi connectivity index (χ1) is 12.8. The van der Waals surface area contributed by atoms with Gasteiger partial charge in [0, 0.05) is 0 Å². The van der Waals surface area contributed by atoms with Crippen molar-refractivity contribution in [3.63, 3.8) is 0 Å². The van der Waals surface area contributed by atoms with Crippen LogP contribution in [0.4, 0.5) is 0 Å². The van der Waals surface area contributed by atoms with E-state index in [4.69, 9.17) is 9.47 Å². The quantitative estimate of drug-likeness (QED) is 0.159. The summed E-state index contributed by atoms with van der Waals surface area (Å²) in [5, 5.41) is 0. The zero-order valence-corrected chi connectivity index (χ0v) is 22.1. The van der Waals surface area contributed by atoms with Crippen molar-refractivity contribution in [2.24, 2.45) is 5.41 Å². The molecular weight excluding hydrogens is 455 g/mol. The number of allylic oxidation sites excluding steroid dienone is 1. The van der Waals surface area contributed by atoms with Gasteiger partial charge < -0.3 is 0 Å². The summed E-state index contributed by atoms with van der Waals surface area (Å²) in [7, 11) is 0. The standard InChI is InChI=1S/C21H31O3.3CH3.Sn/c1-17(19(22)24-20(2,3)4)12-13-21(5,6)14-15-23-16-18-10-8-7-9-11-18;;;;/h7-12H,1,13-16H2,2-6H3;3*1H3;/b17-12+;;;;. The molecule has 0 aliphatic carbocycles. The summed E-state index contributed by atoms with van der Waals surface area (Å²) in [6.45, 7) is 11.6. The van der Waals surface area contributed by atoms with Crippen LogP contribution in [0.2, 0.25) is 19.3 Å². The van der Waals surface area contributed by atoms with Crippen LogP contribution in [-0.2, 0) is 20.9 Å². The van der Waals surface area contributed by atoms with Gasteiger partial charge >= 0.3 is 171 Å². The average molecular weight is 495 g/mol. The van der Waals surface area contributed by atoms with E-state index < -0.39 is 24.0 Å². The number of benzene rings is 1. The third-order valence-electron chi connectivity index (χ3n) is 4.32. The molecule has 0 spiro atoms. The molecule has 0 saturated carbocycles. The maximum atomic E-state index is 12.7. The average Bonchev–Trinajstić information content (AvgIpc) is 2.54. The van der Waals surface area contributed by atoms with E-state index >= 15 is 0 Å². The van der Waals surface area contributed by atoms with Gasteiger partial charge in [-0.05, 0) is 0 Å². The molecule has 1 aromatic rings. The molecule has 0 aliphatic heterocycles. The Kier molecular flexibility index (Phi) is 9.75. The molecule has 0 radical (unpaired) electrons. The van der Waals surface area contributed by atoms with Gasteiger partial charge in [0.2, 0.25) is 0 Å². The van der Waals surface area contributed by atoms with Gasteiger partial charge in [0.1, 0.15) is 0 Å². The molecule has 3 nitrogen and oxygen atoms in total. The SMILES string of the molecule is CC(C)(C/C=C(\[CH2][Sn]([CH3])([CH3])[CH3])C(=O)OC(C)(C)C)CCOCc1ccccc1. The second kappa shape index (κ2) is 10.8. The maximum absolute atomic E-state index is 12.7. The van der Waals surface area contributed by atoms with Crippen molar-refractivity contribution in [3.05, 3.63) is 47.5 Å². The van der Waals surface area contributed by atoms with Crippen LogP contribution < -0.4 is 0 Å². The molecule has 4 heteroatoms. The van der Waals surface area contributed by atoms with Gasteiger partial charge in [-0.15, -0.1) is 0 Å². The van der Waals surface area contributed by atoms with Crippen molar-refractivity contribution in [1.82, 2.24) is 0 Å². The molecule has 0 aromatic heterocycles. The number of carbonyl (C=O) groups excluding carboxylic acids is 1. The van der Waals surface area contributed by atoms with Crippen molar-refractivity contribution in [2.75, 3.05) is 6.61 Å². The van der Waals surface area contributed by atoms with E-state index in [2.05, 4.69) is 46.9 Å². The Balaban J connectivity index is 2.64. The Labute approximate surface area is 176 Å². The monoisotopic (exact) mass is 496 g/mol. The Bertz CT molecular complexity index is 634. The Morgan fingerprint density at radius 2 is 1.64 bits per heavy atom. The number of ether oxygens (including phenoxy) is 2. The molecule has 0 fully saturated rings.